The molecule has 8 heteroatoms. The summed E-state index contributed by atoms with van der Waals surface area (Å²) in [5, 5.41) is 15.5. The first kappa shape index (κ1) is 18.7. The molecule has 1 saturated heterocycles. The van der Waals surface area contributed by atoms with Crippen LogP contribution in [0.25, 0.3) is 11.3 Å². The summed E-state index contributed by atoms with van der Waals surface area (Å²) in [5.41, 5.74) is 3.56. The maximum absolute atomic E-state index is 12.9. The number of hydrogen-bond donors (Lipinski definition) is 1. The van der Waals surface area contributed by atoms with E-state index >= 15 is 0 Å². The van der Waals surface area contributed by atoms with Gasteiger partial charge in [0.05, 0.1) is 30.4 Å². The summed E-state index contributed by atoms with van der Waals surface area (Å²) in [6.07, 6.45) is 9.13. The molecule has 1 spiro atoms. The van der Waals surface area contributed by atoms with Crippen LogP contribution in [-0.4, -0.2) is 59.4 Å². The Labute approximate surface area is 180 Å². The largest absolute Gasteiger partial charge is 0.392 e. The Hall–Kier alpha value is -3.00. The van der Waals surface area contributed by atoms with Crippen LogP contribution >= 0.6 is 0 Å². The van der Waals surface area contributed by atoms with Crippen molar-refractivity contribution in [2.75, 3.05) is 13.1 Å². The summed E-state index contributed by atoms with van der Waals surface area (Å²) >= 11 is 0. The third-order valence-corrected chi connectivity index (χ3v) is 7.86. The predicted molar refractivity (Wildman–Crippen MR) is 113 cm³/mol. The quantitative estimate of drug-likeness (QED) is 0.705. The van der Waals surface area contributed by atoms with Crippen LogP contribution < -0.4 is 0 Å². The van der Waals surface area contributed by atoms with E-state index in [4.69, 9.17) is 0 Å². The number of carbonyl (C=O) groups is 1. The second-order valence-electron chi connectivity index (χ2n) is 9.27. The van der Waals surface area contributed by atoms with Crippen molar-refractivity contribution in [2.24, 2.45) is 11.3 Å². The van der Waals surface area contributed by atoms with Gasteiger partial charge in [0.25, 0.3) is 0 Å². The number of amides is 1. The molecular weight excluding hydrogens is 392 g/mol. The molecule has 0 radical (unpaired) electrons. The molecule has 6 rings (SSSR count). The number of carbonyl (C=O) groups excluding carboxylic acids is 1. The molecule has 160 valence electrons. The molecule has 3 aromatic rings. The number of piperidine rings is 1. The SMILES string of the molecule is CC(C(=O)N1CCC2(CC1)CC(C1c3ccccc3-c3cncn31)C2O)n1cncn1. The predicted octanol–water partition coefficient (Wildman–Crippen LogP) is 2.30. The Morgan fingerprint density at radius 2 is 2.00 bits per heavy atom. The summed E-state index contributed by atoms with van der Waals surface area (Å²) in [6.45, 7) is 3.22. The van der Waals surface area contributed by atoms with Crippen molar-refractivity contribution < 1.29 is 9.90 Å². The Morgan fingerprint density at radius 1 is 1.19 bits per heavy atom. The first-order chi connectivity index (χ1) is 15.1. The number of aliphatic hydroxyl groups excluding tert-OH is 1. The molecule has 1 N–H and O–H groups in total. The second kappa shape index (κ2) is 6.75. The highest BCUT2D eigenvalue weighted by molar-refractivity contribution is 5.80. The van der Waals surface area contributed by atoms with Gasteiger partial charge in [-0.3, -0.25) is 4.79 Å². The average molecular weight is 419 g/mol. The van der Waals surface area contributed by atoms with Crippen LogP contribution in [-0.2, 0) is 4.79 Å². The van der Waals surface area contributed by atoms with Gasteiger partial charge in [-0.25, -0.2) is 14.6 Å². The number of hydrogen-bond acceptors (Lipinski definition) is 5. The first-order valence-corrected chi connectivity index (χ1v) is 11.0. The van der Waals surface area contributed by atoms with Gasteiger partial charge >= 0.3 is 0 Å². The number of imidazole rings is 1. The van der Waals surface area contributed by atoms with Crippen molar-refractivity contribution in [2.45, 2.75) is 44.4 Å². The van der Waals surface area contributed by atoms with Gasteiger partial charge in [0.15, 0.2) is 0 Å². The van der Waals surface area contributed by atoms with E-state index in [0.29, 0.717) is 13.1 Å². The highest BCUT2D eigenvalue weighted by atomic mass is 16.3. The van der Waals surface area contributed by atoms with Gasteiger partial charge < -0.3 is 14.6 Å². The van der Waals surface area contributed by atoms with E-state index in [1.165, 1.54) is 17.5 Å². The van der Waals surface area contributed by atoms with Crippen LogP contribution in [0.2, 0.25) is 0 Å². The molecule has 1 amide bonds. The fourth-order valence-corrected chi connectivity index (χ4v) is 6.06. The van der Waals surface area contributed by atoms with Gasteiger partial charge in [-0.15, -0.1) is 0 Å². The summed E-state index contributed by atoms with van der Waals surface area (Å²) in [6, 6.07) is 8.24. The monoisotopic (exact) mass is 418 g/mol. The normalized spacial score (nSPS) is 26.9. The van der Waals surface area contributed by atoms with Gasteiger partial charge in [-0.2, -0.15) is 5.10 Å². The number of aliphatic hydroxyl groups is 1. The molecule has 2 aromatic heterocycles. The van der Waals surface area contributed by atoms with Crippen LogP contribution in [0.3, 0.4) is 0 Å². The fraction of sp³-hybridized carbons (Fsp3) is 0.478. The van der Waals surface area contributed by atoms with Crippen molar-refractivity contribution in [1.29, 1.82) is 0 Å². The van der Waals surface area contributed by atoms with E-state index in [-0.39, 0.29) is 35.4 Å². The molecule has 0 bridgehead atoms. The zero-order chi connectivity index (χ0) is 21.2. The molecule has 1 aliphatic carbocycles. The average Bonchev–Trinajstić information content (AvgIpc) is 3.55. The summed E-state index contributed by atoms with van der Waals surface area (Å²) in [5.74, 6) is 0.242. The van der Waals surface area contributed by atoms with Crippen LogP contribution in [0.1, 0.15) is 43.8 Å². The highest BCUT2D eigenvalue weighted by Crippen LogP contribution is 2.59. The Balaban J connectivity index is 1.16. The zero-order valence-electron chi connectivity index (χ0n) is 17.5. The number of likely N-dealkylation sites (tertiary alicyclic amines) is 1. The molecule has 4 atom stereocenters. The number of aromatic nitrogens is 5. The lowest BCUT2D eigenvalue weighted by atomic mass is 9.53. The number of rotatable bonds is 3. The van der Waals surface area contributed by atoms with Crippen molar-refractivity contribution >= 4 is 5.91 Å². The Bertz CT molecular complexity index is 1110. The summed E-state index contributed by atoms with van der Waals surface area (Å²) in [4.78, 5) is 23.1. The molecule has 4 heterocycles. The van der Waals surface area contributed by atoms with Gasteiger partial charge in [0.1, 0.15) is 18.7 Å². The van der Waals surface area contributed by atoms with Crippen molar-refractivity contribution in [3.8, 4) is 11.3 Å². The van der Waals surface area contributed by atoms with E-state index in [1.54, 1.807) is 11.0 Å². The lowest BCUT2D eigenvalue weighted by molar-refractivity contribution is -0.165. The van der Waals surface area contributed by atoms with E-state index in [0.717, 1.165) is 25.0 Å². The fourth-order valence-electron chi connectivity index (χ4n) is 6.06. The first-order valence-electron chi connectivity index (χ1n) is 11.0. The van der Waals surface area contributed by atoms with Crippen molar-refractivity contribution in [1.82, 2.24) is 29.2 Å². The minimum absolute atomic E-state index is 0.0680. The highest BCUT2D eigenvalue weighted by Gasteiger charge is 2.58. The van der Waals surface area contributed by atoms with E-state index in [2.05, 4.69) is 43.9 Å². The maximum Gasteiger partial charge on any atom is 0.247 e. The van der Waals surface area contributed by atoms with Gasteiger partial charge in [0.2, 0.25) is 5.91 Å². The minimum atomic E-state index is -0.371. The zero-order valence-corrected chi connectivity index (χ0v) is 17.5. The molecule has 8 nitrogen and oxygen atoms in total. The molecule has 1 saturated carbocycles. The lowest BCUT2D eigenvalue weighted by Gasteiger charge is -2.58. The Morgan fingerprint density at radius 3 is 2.74 bits per heavy atom. The molecule has 4 unspecified atom stereocenters. The third-order valence-electron chi connectivity index (χ3n) is 7.86. The topological polar surface area (TPSA) is 89.1 Å². The van der Waals surface area contributed by atoms with Crippen LogP contribution in [0.15, 0.2) is 49.4 Å². The maximum atomic E-state index is 12.9. The van der Waals surface area contributed by atoms with E-state index in [1.807, 2.05) is 24.3 Å². The lowest BCUT2D eigenvalue weighted by Crippen LogP contribution is -2.60. The minimum Gasteiger partial charge on any atom is -0.392 e. The van der Waals surface area contributed by atoms with E-state index in [9.17, 15) is 9.90 Å². The number of nitrogens with zero attached hydrogens (tertiary/aromatic N) is 6. The number of benzene rings is 1. The van der Waals surface area contributed by atoms with Crippen molar-refractivity contribution in [3.63, 3.8) is 0 Å². The van der Waals surface area contributed by atoms with E-state index < -0.39 is 0 Å². The molecule has 2 aliphatic heterocycles. The summed E-state index contributed by atoms with van der Waals surface area (Å²) < 4.78 is 3.82. The molecule has 2 fully saturated rings. The van der Waals surface area contributed by atoms with Crippen LogP contribution in [0.5, 0.6) is 0 Å². The number of fused-ring (bicyclic) bond motifs is 3. The van der Waals surface area contributed by atoms with Crippen LogP contribution in [0.4, 0.5) is 0 Å². The standard InChI is InChI=1S/C23H26N6O2/c1-15(29-14-25-12-26-29)22(31)27-8-6-23(7-9-27)10-18(21(23)30)20-17-5-3-2-4-16(17)19-11-24-13-28(19)20/h2-5,11-15,18,20-21,30H,6-10H2,1H3. The molecule has 31 heavy (non-hydrogen) atoms. The second-order valence-corrected chi connectivity index (χ2v) is 9.27. The molecule has 1 aromatic carbocycles. The molecular formula is C23H26N6O2. The smallest absolute Gasteiger partial charge is 0.247 e. The Kier molecular flexibility index (Phi) is 4.08. The van der Waals surface area contributed by atoms with Gasteiger partial charge in [-0.1, -0.05) is 24.3 Å². The van der Waals surface area contributed by atoms with Gasteiger partial charge in [-0.05, 0) is 31.7 Å². The third kappa shape index (κ3) is 2.64. The molecule has 3 aliphatic rings. The van der Waals surface area contributed by atoms with Crippen LogP contribution in [0, 0.1) is 11.3 Å². The van der Waals surface area contributed by atoms with Crippen molar-refractivity contribution in [3.05, 3.63) is 55.0 Å². The summed E-state index contributed by atoms with van der Waals surface area (Å²) in [7, 11) is 0. The van der Waals surface area contributed by atoms with Gasteiger partial charge in [0, 0.05) is 30.0 Å².